The molecular weight excluding hydrogens is 811 g/mol. The van der Waals surface area contributed by atoms with Crippen LogP contribution in [0.4, 0.5) is 45.5 Å². The number of hydrogen-bond acceptors (Lipinski definition) is 3. The van der Waals surface area contributed by atoms with Gasteiger partial charge in [-0.05, 0) is 151 Å². The molecular formula is C64H49N3. The molecule has 1 unspecified atom stereocenters. The number of hydrogen-bond donors (Lipinski definition) is 0. The molecule has 13 rings (SSSR count). The van der Waals surface area contributed by atoms with Gasteiger partial charge in [-0.15, -0.1) is 0 Å². The molecule has 0 fully saturated rings. The van der Waals surface area contributed by atoms with E-state index < -0.39 is 0 Å². The van der Waals surface area contributed by atoms with Crippen molar-refractivity contribution in [1.29, 1.82) is 0 Å². The fraction of sp³-hybridized carbons (Fsp3) is 0.0938. The lowest BCUT2D eigenvalue weighted by molar-refractivity contribution is 0.660. The quantitative estimate of drug-likeness (QED) is 0.126. The van der Waals surface area contributed by atoms with Crippen LogP contribution in [0.1, 0.15) is 55.0 Å². The van der Waals surface area contributed by atoms with E-state index in [4.69, 9.17) is 0 Å². The van der Waals surface area contributed by atoms with Crippen molar-refractivity contribution in [3.63, 3.8) is 0 Å². The Kier molecular flexibility index (Phi) is 8.92. The van der Waals surface area contributed by atoms with E-state index >= 15 is 0 Å². The van der Waals surface area contributed by atoms with Crippen LogP contribution in [0.2, 0.25) is 0 Å². The molecule has 0 N–H and O–H groups in total. The molecule has 0 aromatic heterocycles. The number of para-hydroxylation sites is 6. The molecule has 9 aromatic carbocycles. The van der Waals surface area contributed by atoms with Crippen LogP contribution in [0, 0.1) is 5.92 Å². The van der Waals surface area contributed by atoms with E-state index in [1.165, 1.54) is 88.8 Å². The first kappa shape index (κ1) is 39.2. The Morgan fingerprint density at radius 1 is 0.448 bits per heavy atom. The van der Waals surface area contributed by atoms with E-state index in [9.17, 15) is 0 Å². The lowest BCUT2D eigenvalue weighted by Gasteiger charge is -2.40. The van der Waals surface area contributed by atoms with Crippen molar-refractivity contribution in [2.24, 2.45) is 5.92 Å². The molecule has 0 saturated carbocycles. The third kappa shape index (κ3) is 6.33. The minimum absolute atomic E-state index is 0.183. The summed E-state index contributed by atoms with van der Waals surface area (Å²) in [6, 6.07) is 69.6. The summed E-state index contributed by atoms with van der Waals surface area (Å²) >= 11 is 0. The highest BCUT2D eigenvalue weighted by molar-refractivity contribution is 6.09. The third-order valence-electron chi connectivity index (χ3n) is 14.6. The number of nitrogens with zero attached hydrogens (tertiary/aromatic N) is 3. The van der Waals surface area contributed by atoms with Gasteiger partial charge in [0.05, 0.1) is 28.4 Å². The third-order valence-corrected chi connectivity index (χ3v) is 14.6. The topological polar surface area (TPSA) is 9.72 Å². The van der Waals surface area contributed by atoms with Gasteiger partial charge in [0.1, 0.15) is 0 Å². The molecule has 2 aliphatic carbocycles. The number of anilines is 8. The molecule has 4 aliphatic rings. The van der Waals surface area contributed by atoms with Gasteiger partial charge >= 0.3 is 0 Å². The van der Waals surface area contributed by atoms with E-state index in [0.717, 1.165) is 34.9 Å². The van der Waals surface area contributed by atoms with Crippen molar-refractivity contribution in [1.82, 2.24) is 0 Å². The highest BCUT2D eigenvalue weighted by Gasteiger charge is 2.37. The van der Waals surface area contributed by atoms with Gasteiger partial charge in [0, 0.05) is 28.2 Å². The highest BCUT2D eigenvalue weighted by Crippen LogP contribution is 2.56. The summed E-state index contributed by atoms with van der Waals surface area (Å²) in [6.45, 7) is 7.07. The second kappa shape index (κ2) is 15.2. The molecule has 3 heteroatoms. The maximum absolute atomic E-state index is 2.49. The fourth-order valence-corrected chi connectivity index (χ4v) is 11.3. The van der Waals surface area contributed by atoms with E-state index in [0.29, 0.717) is 5.92 Å². The zero-order chi connectivity index (χ0) is 44.8. The zero-order valence-corrected chi connectivity index (χ0v) is 38.0. The number of rotatable bonds is 5. The second-order valence-corrected chi connectivity index (χ2v) is 19.1. The van der Waals surface area contributed by atoms with Crippen molar-refractivity contribution in [3.8, 4) is 11.1 Å². The number of allylic oxidation sites excluding steroid dienone is 5. The molecule has 0 spiro atoms. The standard InChI is InChI=1S/C64H49N3/c1-42-21-26-46-28-27-45-13-7-8-16-58(45)66(63(46)37-42)50-31-35-53-48(40-50)30-29-47-38-43(24-33-52(47)53)22-23-44-25-34-54-55-36-32-51(41-57(55)64(2,3)56(54)39-44)67-61-19-11-9-17-59(61)65(49-14-5-4-6-15-49)60-18-10-12-20-62(60)67/h4-36,38-42H,37H2,1-3H3. The summed E-state index contributed by atoms with van der Waals surface area (Å²) in [7, 11) is 0. The van der Waals surface area contributed by atoms with Crippen molar-refractivity contribution >= 4 is 85.3 Å². The maximum Gasteiger partial charge on any atom is 0.0703 e. The van der Waals surface area contributed by atoms with Crippen molar-refractivity contribution in [3.05, 3.63) is 245 Å². The Morgan fingerprint density at radius 2 is 0.985 bits per heavy atom. The largest absolute Gasteiger partial charge is 0.313 e. The molecule has 67 heavy (non-hydrogen) atoms. The molecule has 0 radical (unpaired) electrons. The molecule has 3 nitrogen and oxygen atoms in total. The lowest BCUT2D eigenvalue weighted by Crippen LogP contribution is -2.24. The summed E-state index contributed by atoms with van der Waals surface area (Å²) < 4.78 is 0. The number of benzene rings is 9. The van der Waals surface area contributed by atoms with Gasteiger partial charge in [0.25, 0.3) is 0 Å². The van der Waals surface area contributed by atoms with Crippen LogP contribution >= 0.6 is 0 Å². The van der Waals surface area contributed by atoms with Gasteiger partial charge in [0.2, 0.25) is 0 Å². The average Bonchev–Trinajstić information content (AvgIpc) is 3.47. The summed E-state index contributed by atoms with van der Waals surface area (Å²) in [4.78, 5) is 7.32. The van der Waals surface area contributed by atoms with Crippen LogP contribution in [-0.2, 0) is 5.41 Å². The van der Waals surface area contributed by atoms with Gasteiger partial charge in [-0.2, -0.15) is 0 Å². The molecule has 9 aromatic rings. The molecule has 1 atom stereocenters. The van der Waals surface area contributed by atoms with Crippen LogP contribution in [0.5, 0.6) is 0 Å². The summed E-state index contributed by atoms with van der Waals surface area (Å²) in [5.74, 6) is 0.491. The van der Waals surface area contributed by atoms with E-state index in [2.05, 4.69) is 260 Å². The van der Waals surface area contributed by atoms with Crippen molar-refractivity contribution < 1.29 is 0 Å². The van der Waals surface area contributed by atoms with E-state index in [1.807, 2.05) is 0 Å². The van der Waals surface area contributed by atoms with Crippen molar-refractivity contribution in [2.75, 3.05) is 14.7 Å². The maximum atomic E-state index is 2.49. The molecule has 0 bridgehead atoms. The Labute approximate surface area is 393 Å². The predicted molar refractivity (Wildman–Crippen MR) is 285 cm³/mol. The van der Waals surface area contributed by atoms with Crippen LogP contribution in [0.15, 0.2) is 218 Å². The molecule has 320 valence electrons. The smallest absolute Gasteiger partial charge is 0.0703 e. The molecule has 2 aliphatic heterocycles. The van der Waals surface area contributed by atoms with Crippen LogP contribution < -0.4 is 14.7 Å². The van der Waals surface area contributed by atoms with Crippen LogP contribution in [-0.4, -0.2) is 0 Å². The van der Waals surface area contributed by atoms with Gasteiger partial charge in [-0.25, -0.2) is 0 Å². The first-order valence-corrected chi connectivity index (χ1v) is 23.6. The predicted octanol–water partition coefficient (Wildman–Crippen LogP) is 17.7. The summed E-state index contributed by atoms with van der Waals surface area (Å²) in [5.41, 5.74) is 20.9. The Bertz CT molecular complexity index is 3580. The molecule has 0 amide bonds. The highest BCUT2D eigenvalue weighted by atomic mass is 15.3. The average molecular weight is 860 g/mol. The monoisotopic (exact) mass is 859 g/mol. The van der Waals surface area contributed by atoms with Crippen LogP contribution in [0.25, 0.3) is 50.9 Å². The second-order valence-electron chi connectivity index (χ2n) is 19.1. The van der Waals surface area contributed by atoms with Gasteiger partial charge in [0.15, 0.2) is 0 Å². The Hall–Kier alpha value is -8.14. The number of fused-ring (bicyclic) bond motifs is 9. The molecule has 0 saturated heterocycles. The first-order chi connectivity index (χ1) is 32.9. The van der Waals surface area contributed by atoms with Gasteiger partial charge < -0.3 is 14.7 Å². The SMILES string of the molecule is CC1C=CC2=C(C1)N(c1ccc3c(ccc4cc(C=Cc5ccc6c(c5)C(C)(C)c5cc(N7c8ccccc8N(c8ccccc8)c8ccccc87)ccc5-6)ccc43)c1)c1ccccc1C=C2. The van der Waals surface area contributed by atoms with E-state index in [-0.39, 0.29) is 5.41 Å². The van der Waals surface area contributed by atoms with Gasteiger partial charge in [-0.1, -0.05) is 172 Å². The first-order valence-electron chi connectivity index (χ1n) is 23.6. The Balaban J connectivity index is 0.797. The van der Waals surface area contributed by atoms with Crippen LogP contribution in [0.3, 0.4) is 0 Å². The van der Waals surface area contributed by atoms with Gasteiger partial charge in [-0.3, -0.25) is 0 Å². The minimum Gasteiger partial charge on any atom is -0.313 e. The fourth-order valence-electron chi connectivity index (χ4n) is 11.3. The minimum atomic E-state index is -0.183. The lowest BCUT2D eigenvalue weighted by atomic mass is 9.81. The normalized spacial score (nSPS) is 16.5. The molecule has 2 heterocycles. The summed E-state index contributed by atoms with van der Waals surface area (Å²) in [6.07, 6.45) is 14.7. The Morgan fingerprint density at radius 3 is 1.70 bits per heavy atom. The van der Waals surface area contributed by atoms with Crippen molar-refractivity contribution in [2.45, 2.75) is 32.6 Å². The van der Waals surface area contributed by atoms with E-state index in [1.54, 1.807) is 0 Å². The summed E-state index contributed by atoms with van der Waals surface area (Å²) in [5, 5.41) is 5.04. The zero-order valence-electron chi connectivity index (χ0n) is 38.0.